The Morgan fingerprint density at radius 2 is 1.79 bits per heavy atom. The van der Waals surface area contributed by atoms with E-state index in [0.29, 0.717) is 0 Å². The standard InChI is InChI=1S/C10H12F3N/c1-7-2-4-8(5-3-7)9(11)10(12,13)6-14/h2-5,9H,6,14H2,1H3. The summed E-state index contributed by atoms with van der Waals surface area (Å²) in [5.41, 5.74) is 5.65. The Hall–Kier alpha value is -1.03. The molecule has 0 heterocycles. The molecule has 1 aromatic carbocycles. The van der Waals surface area contributed by atoms with E-state index < -0.39 is 18.6 Å². The molecule has 0 aliphatic rings. The van der Waals surface area contributed by atoms with Crippen LogP contribution in [0.2, 0.25) is 0 Å². The van der Waals surface area contributed by atoms with Gasteiger partial charge >= 0.3 is 0 Å². The van der Waals surface area contributed by atoms with Crippen LogP contribution in [0.15, 0.2) is 24.3 Å². The Balaban J connectivity index is 2.89. The Kier molecular flexibility index (Phi) is 3.16. The molecule has 1 atom stereocenters. The first-order valence-corrected chi connectivity index (χ1v) is 4.26. The Labute approximate surface area is 80.7 Å². The van der Waals surface area contributed by atoms with E-state index in [1.165, 1.54) is 12.1 Å². The average Bonchev–Trinajstić information content (AvgIpc) is 2.18. The van der Waals surface area contributed by atoms with Gasteiger partial charge in [0.05, 0.1) is 6.54 Å². The second kappa shape index (κ2) is 4.00. The van der Waals surface area contributed by atoms with Gasteiger partial charge in [-0.2, -0.15) is 0 Å². The lowest BCUT2D eigenvalue weighted by atomic mass is 10.0. The molecular weight excluding hydrogens is 191 g/mol. The lowest BCUT2D eigenvalue weighted by Gasteiger charge is -2.18. The van der Waals surface area contributed by atoms with E-state index in [1.807, 2.05) is 0 Å². The predicted octanol–water partition coefficient (Wildman–Crippen LogP) is 2.60. The van der Waals surface area contributed by atoms with Crippen molar-refractivity contribution in [3.63, 3.8) is 0 Å². The predicted molar refractivity (Wildman–Crippen MR) is 49.0 cm³/mol. The molecule has 1 aromatic rings. The van der Waals surface area contributed by atoms with Crippen molar-refractivity contribution >= 4 is 0 Å². The summed E-state index contributed by atoms with van der Waals surface area (Å²) in [6, 6.07) is 5.89. The Bertz CT molecular complexity index is 295. The summed E-state index contributed by atoms with van der Waals surface area (Å²) >= 11 is 0. The van der Waals surface area contributed by atoms with Crippen LogP contribution in [0.5, 0.6) is 0 Å². The van der Waals surface area contributed by atoms with Crippen LogP contribution in [-0.4, -0.2) is 12.5 Å². The molecule has 78 valence electrons. The zero-order valence-corrected chi connectivity index (χ0v) is 7.81. The van der Waals surface area contributed by atoms with E-state index in [-0.39, 0.29) is 5.56 Å². The largest absolute Gasteiger partial charge is 0.325 e. The van der Waals surface area contributed by atoms with Gasteiger partial charge in [0.2, 0.25) is 0 Å². The molecule has 0 aliphatic heterocycles. The maximum Gasteiger partial charge on any atom is 0.294 e. The molecule has 1 unspecified atom stereocenters. The monoisotopic (exact) mass is 203 g/mol. The van der Waals surface area contributed by atoms with Crippen LogP contribution >= 0.6 is 0 Å². The minimum Gasteiger partial charge on any atom is -0.325 e. The van der Waals surface area contributed by atoms with Gasteiger partial charge in [-0.1, -0.05) is 29.8 Å². The van der Waals surface area contributed by atoms with Gasteiger partial charge in [-0.15, -0.1) is 0 Å². The highest BCUT2D eigenvalue weighted by Crippen LogP contribution is 2.33. The van der Waals surface area contributed by atoms with Crippen molar-refractivity contribution in [1.82, 2.24) is 0 Å². The van der Waals surface area contributed by atoms with Gasteiger partial charge in [-0.3, -0.25) is 0 Å². The highest BCUT2D eigenvalue weighted by atomic mass is 19.3. The van der Waals surface area contributed by atoms with Crippen molar-refractivity contribution in [2.75, 3.05) is 6.54 Å². The van der Waals surface area contributed by atoms with E-state index in [2.05, 4.69) is 0 Å². The smallest absolute Gasteiger partial charge is 0.294 e. The summed E-state index contributed by atoms with van der Waals surface area (Å²) in [6.45, 7) is 0.820. The number of hydrogen-bond acceptors (Lipinski definition) is 1. The molecule has 2 N–H and O–H groups in total. The number of nitrogens with two attached hydrogens (primary N) is 1. The molecule has 4 heteroatoms. The second-order valence-electron chi connectivity index (χ2n) is 3.24. The van der Waals surface area contributed by atoms with Crippen LogP contribution in [-0.2, 0) is 0 Å². The van der Waals surface area contributed by atoms with Gasteiger partial charge in [0, 0.05) is 0 Å². The quantitative estimate of drug-likeness (QED) is 0.802. The third kappa shape index (κ3) is 2.26. The fourth-order valence-corrected chi connectivity index (χ4v) is 1.08. The van der Waals surface area contributed by atoms with Crippen molar-refractivity contribution in [2.45, 2.75) is 19.0 Å². The molecule has 1 rings (SSSR count). The number of aryl methyl sites for hydroxylation is 1. The van der Waals surface area contributed by atoms with Crippen LogP contribution in [0.3, 0.4) is 0 Å². The number of benzene rings is 1. The lowest BCUT2D eigenvalue weighted by Crippen LogP contribution is -2.32. The van der Waals surface area contributed by atoms with E-state index in [1.54, 1.807) is 19.1 Å². The summed E-state index contributed by atoms with van der Waals surface area (Å²) in [4.78, 5) is 0. The second-order valence-corrected chi connectivity index (χ2v) is 3.24. The first-order chi connectivity index (χ1) is 6.47. The summed E-state index contributed by atoms with van der Waals surface area (Å²) in [7, 11) is 0. The zero-order chi connectivity index (χ0) is 10.8. The minimum atomic E-state index is -3.49. The van der Waals surface area contributed by atoms with Gasteiger partial charge < -0.3 is 5.73 Å². The molecule has 0 bridgehead atoms. The van der Waals surface area contributed by atoms with Crippen LogP contribution < -0.4 is 5.73 Å². The van der Waals surface area contributed by atoms with Gasteiger partial charge in [0.1, 0.15) is 0 Å². The summed E-state index contributed by atoms with van der Waals surface area (Å²) in [5, 5.41) is 0. The van der Waals surface area contributed by atoms with Crippen molar-refractivity contribution in [1.29, 1.82) is 0 Å². The van der Waals surface area contributed by atoms with Crippen molar-refractivity contribution in [3.8, 4) is 0 Å². The lowest BCUT2D eigenvalue weighted by molar-refractivity contribution is -0.0651. The fourth-order valence-electron chi connectivity index (χ4n) is 1.08. The molecule has 0 aliphatic carbocycles. The van der Waals surface area contributed by atoms with Crippen molar-refractivity contribution < 1.29 is 13.2 Å². The molecule has 0 fully saturated rings. The third-order valence-electron chi connectivity index (χ3n) is 2.01. The summed E-state index contributed by atoms with van der Waals surface area (Å²) in [5.74, 6) is -3.49. The van der Waals surface area contributed by atoms with E-state index in [9.17, 15) is 13.2 Å². The molecule has 14 heavy (non-hydrogen) atoms. The van der Waals surface area contributed by atoms with Gasteiger partial charge in [0.25, 0.3) is 5.92 Å². The number of alkyl halides is 3. The highest BCUT2D eigenvalue weighted by Gasteiger charge is 2.39. The highest BCUT2D eigenvalue weighted by molar-refractivity contribution is 5.24. The molecule has 0 amide bonds. The fraction of sp³-hybridized carbons (Fsp3) is 0.400. The van der Waals surface area contributed by atoms with Crippen LogP contribution in [0.25, 0.3) is 0 Å². The topological polar surface area (TPSA) is 26.0 Å². The maximum absolute atomic E-state index is 13.2. The molecule has 0 aromatic heterocycles. The van der Waals surface area contributed by atoms with Crippen LogP contribution in [0.1, 0.15) is 17.3 Å². The number of hydrogen-bond donors (Lipinski definition) is 1. The Morgan fingerprint density at radius 3 is 2.21 bits per heavy atom. The van der Waals surface area contributed by atoms with E-state index in [0.717, 1.165) is 5.56 Å². The van der Waals surface area contributed by atoms with Gasteiger partial charge in [-0.05, 0) is 12.5 Å². The SMILES string of the molecule is Cc1ccc(C(F)C(F)(F)CN)cc1. The third-order valence-corrected chi connectivity index (χ3v) is 2.01. The van der Waals surface area contributed by atoms with Gasteiger partial charge in [-0.25, -0.2) is 13.2 Å². The molecule has 0 saturated heterocycles. The molecule has 1 nitrogen and oxygen atoms in total. The molecular formula is C10H12F3N. The normalized spacial score (nSPS) is 14.1. The van der Waals surface area contributed by atoms with Crippen LogP contribution in [0.4, 0.5) is 13.2 Å². The Morgan fingerprint density at radius 1 is 1.29 bits per heavy atom. The molecule has 0 radical (unpaired) electrons. The first kappa shape index (κ1) is 11.0. The summed E-state index contributed by atoms with van der Waals surface area (Å²) < 4.78 is 38.9. The van der Waals surface area contributed by atoms with Crippen molar-refractivity contribution in [3.05, 3.63) is 35.4 Å². The van der Waals surface area contributed by atoms with Crippen LogP contribution in [0, 0.1) is 6.92 Å². The molecule has 0 spiro atoms. The van der Waals surface area contributed by atoms with Crippen molar-refractivity contribution in [2.24, 2.45) is 5.73 Å². The van der Waals surface area contributed by atoms with E-state index in [4.69, 9.17) is 5.73 Å². The maximum atomic E-state index is 13.2. The number of rotatable bonds is 3. The van der Waals surface area contributed by atoms with E-state index >= 15 is 0 Å². The average molecular weight is 203 g/mol. The molecule has 0 saturated carbocycles. The number of halogens is 3. The van der Waals surface area contributed by atoms with Gasteiger partial charge in [0.15, 0.2) is 6.17 Å². The minimum absolute atomic E-state index is 0.0361. The zero-order valence-electron chi connectivity index (χ0n) is 7.81. The first-order valence-electron chi connectivity index (χ1n) is 4.26. The summed E-state index contributed by atoms with van der Waals surface area (Å²) in [6.07, 6.45) is -2.33.